The zero-order valence-electron chi connectivity index (χ0n) is 31.7. The molecule has 3 aromatic carbocycles. The number of thiophene rings is 1. The van der Waals surface area contributed by atoms with Crippen LogP contribution in [0.25, 0.3) is 6.08 Å². The maximum atomic E-state index is 13.6. The van der Waals surface area contributed by atoms with Gasteiger partial charge in [0.2, 0.25) is 5.91 Å². The van der Waals surface area contributed by atoms with Gasteiger partial charge in [0, 0.05) is 47.4 Å². The fourth-order valence-electron chi connectivity index (χ4n) is 5.54. The second-order valence-corrected chi connectivity index (χ2v) is 15.9. The third-order valence-corrected chi connectivity index (χ3v) is 10.3. The van der Waals surface area contributed by atoms with Crippen LogP contribution in [0.4, 0.5) is 21.2 Å². The molecule has 55 heavy (non-hydrogen) atoms. The fraction of sp³-hybridized carbons (Fsp3) is 0.293. The van der Waals surface area contributed by atoms with Crippen molar-refractivity contribution in [2.45, 2.75) is 51.2 Å². The zero-order chi connectivity index (χ0) is 39.7. The van der Waals surface area contributed by atoms with Crippen molar-refractivity contribution in [1.82, 2.24) is 10.2 Å². The fourth-order valence-corrected chi connectivity index (χ4v) is 7.57. The monoisotopic (exact) mass is 783 g/mol. The van der Waals surface area contributed by atoms with Crippen LogP contribution in [-0.4, -0.2) is 73.3 Å². The molecular weight excluding hydrogens is 739 g/mol. The molecule has 0 fully saturated rings. The quantitative estimate of drug-likeness (QED) is 0.0759. The van der Waals surface area contributed by atoms with Gasteiger partial charge in [-0.3, -0.25) is 14.4 Å². The van der Waals surface area contributed by atoms with Crippen LogP contribution in [-0.2, 0) is 32.0 Å². The third-order valence-electron chi connectivity index (χ3n) is 8.15. The lowest BCUT2D eigenvalue weighted by molar-refractivity contribution is -0.114. The molecule has 3 N–H and O–H groups in total. The SMILES string of the molecule is CCOC(=O)c1c(NC(=O)CSc2cccc(NC(=O)/C(=C\c3ccc(N(C)C)cc3)NC(=O)c3ccccc3)c2)sc2c1CCN(C(=O)OC(C)(C)C)C2. The Morgan fingerprint density at radius 2 is 1.67 bits per heavy atom. The van der Waals surface area contributed by atoms with Gasteiger partial charge in [0.1, 0.15) is 16.3 Å². The van der Waals surface area contributed by atoms with Crippen molar-refractivity contribution in [2.24, 2.45) is 0 Å². The molecule has 0 saturated carbocycles. The minimum Gasteiger partial charge on any atom is -0.462 e. The minimum absolute atomic E-state index is 0.00744. The van der Waals surface area contributed by atoms with Crippen LogP contribution in [0.5, 0.6) is 0 Å². The van der Waals surface area contributed by atoms with Gasteiger partial charge in [-0.15, -0.1) is 23.1 Å². The number of hydrogen-bond acceptors (Lipinski definition) is 10. The number of amides is 4. The van der Waals surface area contributed by atoms with Gasteiger partial charge >= 0.3 is 12.1 Å². The molecule has 0 saturated heterocycles. The number of fused-ring (bicyclic) bond motifs is 1. The van der Waals surface area contributed by atoms with Crippen molar-refractivity contribution in [1.29, 1.82) is 0 Å². The summed E-state index contributed by atoms with van der Waals surface area (Å²) in [7, 11) is 3.87. The first-order valence-corrected chi connectivity index (χ1v) is 19.5. The van der Waals surface area contributed by atoms with Gasteiger partial charge in [-0.05, 0) is 93.8 Å². The molecule has 0 bridgehead atoms. The summed E-state index contributed by atoms with van der Waals surface area (Å²) in [6.45, 7) is 7.91. The maximum Gasteiger partial charge on any atom is 0.410 e. The molecule has 14 heteroatoms. The van der Waals surface area contributed by atoms with Gasteiger partial charge in [-0.2, -0.15) is 0 Å². The molecule has 0 aliphatic carbocycles. The summed E-state index contributed by atoms with van der Waals surface area (Å²) in [6, 6.07) is 23.2. The normalized spacial score (nSPS) is 12.6. The number of carbonyl (C=O) groups excluding carboxylic acids is 5. The Balaban J connectivity index is 1.27. The van der Waals surface area contributed by atoms with Gasteiger partial charge in [-0.25, -0.2) is 9.59 Å². The lowest BCUT2D eigenvalue weighted by atomic mass is 10.0. The zero-order valence-corrected chi connectivity index (χ0v) is 33.3. The van der Waals surface area contributed by atoms with Gasteiger partial charge in [0.15, 0.2) is 0 Å². The molecule has 1 aromatic heterocycles. The van der Waals surface area contributed by atoms with Crippen LogP contribution < -0.4 is 20.9 Å². The first kappa shape index (κ1) is 40.6. The smallest absolute Gasteiger partial charge is 0.410 e. The number of nitrogens with zero attached hydrogens (tertiary/aromatic N) is 2. The molecule has 1 aliphatic rings. The highest BCUT2D eigenvalue weighted by molar-refractivity contribution is 8.00. The van der Waals surface area contributed by atoms with Crippen LogP contribution in [0.3, 0.4) is 0 Å². The van der Waals surface area contributed by atoms with Crippen molar-refractivity contribution in [3.63, 3.8) is 0 Å². The molecule has 4 aromatic rings. The van der Waals surface area contributed by atoms with E-state index in [-0.39, 0.29) is 30.5 Å². The number of anilines is 3. The molecule has 12 nitrogen and oxygen atoms in total. The van der Waals surface area contributed by atoms with E-state index in [1.807, 2.05) is 49.3 Å². The van der Waals surface area contributed by atoms with E-state index >= 15 is 0 Å². The first-order valence-electron chi connectivity index (χ1n) is 17.7. The number of hydrogen-bond donors (Lipinski definition) is 3. The second kappa shape index (κ2) is 18.2. The lowest BCUT2D eigenvalue weighted by Crippen LogP contribution is -2.39. The molecular formula is C41H45N5O7S2. The Hall–Kier alpha value is -5.60. The Morgan fingerprint density at radius 3 is 2.35 bits per heavy atom. The average Bonchev–Trinajstić information content (AvgIpc) is 3.50. The van der Waals surface area contributed by atoms with Gasteiger partial charge in [0.25, 0.3) is 11.8 Å². The first-order chi connectivity index (χ1) is 26.2. The predicted molar refractivity (Wildman–Crippen MR) is 218 cm³/mol. The van der Waals surface area contributed by atoms with E-state index in [0.717, 1.165) is 21.7 Å². The highest BCUT2D eigenvalue weighted by Crippen LogP contribution is 2.38. The highest BCUT2D eigenvalue weighted by atomic mass is 32.2. The number of rotatable bonds is 12. The molecule has 288 valence electrons. The van der Waals surface area contributed by atoms with Crippen molar-refractivity contribution in [3.8, 4) is 0 Å². The molecule has 1 aliphatic heterocycles. The highest BCUT2D eigenvalue weighted by Gasteiger charge is 2.32. The Labute approximate surface area is 329 Å². The van der Waals surface area contributed by atoms with Crippen molar-refractivity contribution < 1.29 is 33.4 Å². The third kappa shape index (κ3) is 11.2. The summed E-state index contributed by atoms with van der Waals surface area (Å²) in [5.74, 6) is -1.83. The largest absolute Gasteiger partial charge is 0.462 e. The number of esters is 1. The van der Waals surface area contributed by atoms with Crippen LogP contribution in [0, 0.1) is 0 Å². The summed E-state index contributed by atoms with van der Waals surface area (Å²) < 4.78 is 10.9. The molecule has 0 atom stereocenters. The Bertz CT molecular complexity index is 2070. The summed E-state index contributed by atoms with van der Waals surface area (Å²) in [5.41, 5.74) is 3.04. The predicted octanol–water partition coefficient (Wildman–Crippen LogP) is 7.42. The van der Waals surface area contributed by atoms with Crippen LogP contribution in [0.15, 0.2) is 89.5 Å². The minimum atomic E-state index is -0.649. The number of thioether (sulfide) groups is 1. The molecule has 0 unspecified atom stereocenters. The molecule has 0 spiro atoms. The van der Waals surface area contributed by atoms with E-state index in [1.54, 1.807) is 87.2 Å². The van der Waals surface area contributed by atoms with Crippen LogP contribution in [0.2, 0.25) is 0 Å². The maximum absolute atomic E-state index is 13.6. The van der Waals surface area contributed by atoms with Crippen molar-refractivity contribution >= 4 is 75.3 Å². The molecule has 4 amide bonds. The standard InChI is InChI=1S/C41H45N5O7S2/c1-7-52-39(50)35-31-20-21-46(40(51)53-41(2,3)4)24-33(31)55-38(35)44-34(47)25-54-30-15-11-14-28(23-30)42-37(49)32(43-36(48)27-12-9-8-10-13-27)22-26-16-18-29(19-17-26)45(5)6/h8-19,22-23H,7,20-21,24-25H2,1-6H3,(H,42,49)(H,43,48)(H,44,47)/b32-22+. The van der Waals surface area contributed by atoms with Crippen LogP contribution in [0.1, 0.15) is 64.4 Å². The summed E-state index contributed by atoms with van der Waals surface area (Å²) in [5, 5.41) is 8.88. The van der Waals surface area contributed by atoms with E-state index in [1.165, 1.54) is 23.1 Å². The van der Waals surface area contributed by atoms with E-state index < -0.39 is 29.5 Å². The van der Waals surface area contributed by atoms with Crippen LogP contribution >= 0.6 is 23.1 Å². The number of ether oxygens (including phenoxy) is 2. The average molecular weight is 784 g/mol. The summed E-state index contributed by atoms with van der Waals surface area (Å²) in [6.07, 6.45) is 1.59. The van der Waals surface area contributed by atoms with Gasteiger partial charge in [0.05, 0.1) is 24.5 Å². The van der Waals surface area contributed by atoms with E-state index in [2.05, 4.69) is 16.0 Å². The van der Waals surface area contributed by atoms with E-state index in [4.69, 9.17) is 9.47 Å². The second-order valence-electron chi connectivity index (χ2n) is 13.8. The molecule has 2 heterocycles. The number of carbonyl (C=O) groups is 5. The molecule has 0 radical (unpaired) electrons. The van der Waals surface area contributed by atoms with E-state index in [0.29, 0.717) is 39.7 Å². The summed E-state index contributed by atoms with van der Waals surface area (Å²) in [4.78, 5) is 70.9. The van der Waals surface area contributed by atoms with Gasteiger partial charge in [-0.1, -0.05) is 36.4 Å². The van der Waals surface area contributed by atoms with Gasteiger partial charge < -0.3 is 35.2 Å². The molecule has 5 rings (SSSR count). The van der Waals surface area contributed by atoms with Crippen molar-refractivity contribution in [3.05, 3.63) is 112 Å². The lowest BCUT2D eigenvalue weighted by Gasteiger charge is -2.30. The number of benzene rings is 3. The summed E-state index contributed by atoms with van der Waals surface area (Å²) >= 11 is 2.49. The van der Waals surface area contributed by atoms with E-state index in [9.17, 15) is 24.0 Å². The Kier molecular flexibility index (Phi) is 13.4. The van der Waals surface area contributed by atoms with Crippen molar-refractivity contribution in [2.75, 3.05) is 48.5 Å². The topological polar surface area (TPSA) is 146 Å². The Morgan fingerprint density at radius 1 is 0.945 bits per heavy atom. The number of nitrogens with one attached hydrogen (secondary N) is 3.